The van der Waals surface area contributed by atoms with Gasteiger partial charge in [-0.1, -0.05) is 70.2 Å². The normalized spacial score (nSPS) is 11.1. The van der Waals surface area contributed by atoms with Crippen molar-refractivity contribution in [2.75, 3.05) is 13.2 Å². The van der Waals surface area contributed by atoms with Crippen LogP contribution in [0.15, 0.2) is 60.7 Å². The van der Waals surface area contributed by atoms with Crippen LogP contribution in [0.5, 0.6) is 17.2 Å². The Bertz CT molecular complexity index is 961. The lowest BCUT2D eigenvalue weighted by Gasteiger charge is -2.18. The summed E-state index contributed by atoms with van der Waals surface area (Å²) in [6.07, 6.45) is 0. The van der Waals surface area contributed by atoms with Gasteiger partial charge in [-0.05, 0) is 30.0 Å². The number of benzene rings is 3. The van der Waals surface area contributed by atoms with Gasteiger partial charge in [-0.2, -0.15) is 0 Å². The number of hydrogen-bond donors (Lipinski definition) is 0. The zero-order valence-electron chi connectivity index (χ0n) is 17.5. The maximum absolute atomic E-state index is 13.1. The van der Waals surface area contributed by atoms with Gasteiger partial charge in [0.1, 0.15) is 22.8 Å². The van der Waals surface area contributed by atoms with Gasteiger partial charge in [-0.25, -0.2) is 4.79 Å². The molecule has 0 fully saturated rings. The van der Waals surface area contributed by atoms with Crippen LogP contribution in [0.3, 0.4) is 0 Å². The molecule has 0 saturated heterocycles. The summed E-state index contributed by atoms with van der Waals surface area (Å²) >= 11 is 0. The topological polar surface area (TPSA) is 44.8 Å². The van der Waals surface area contributed by atoms with Crippen LogP contribution in [0.2, 0.25) is 0 Å². The molecule has 0 amide bonds. The van der Waals surface area contributed by atoms with Gasteiger partial charge in [-0.15, -0.1) is 0 Å². The predicted octanol–water partition coefficient (Wildman–Crippen LogP) is 6.13. The lowest BCUT2D eigenvalue weighted by atomic mass is 10.0. The summed E-state index contributed by atoms with van der Waals surface area (Å²) in [7, 11) is 0. The van der Waals surface area contributed by atoms with Crippen molar-refractivity contribution in [3.05, 3.63) is 66.2 Å². The molecule has 0 aliphatic heterocycles. The Hall–Kier alpha value is -3.01. The fraction of sp³-hybridized carbons (Fsp3) is 0.320. The molecule has 0 aromatic heterocycles. The van der Waals surface area contributed by atoms with Gasteiger partial charge in [0.2, 0.25) is 0 Å². The van der Waals surface area contributed by atoms with Crippen LogP contribution < -0.4 is 14.2 Å². The van der Waals surface area contributed by atoms with Gasteiger partial charge in [0.15, 0.2) is 0 Å². The second-order valence-corrected chi connectivity index (χ2v) is 7.91. The van der Waals surface area contributed by atoms with Gasteiger partial charge >= 0.3 is 5.97 Å². The lowest BCUT2D eigenvalue weighted by Crippen LogP contribution is -2.14. The molecule has 0 aliphatic rings. The van der Waals surface area contributed by atoms with E-state index >= 15 is 0 Å². The van der Waals surface area contributed by atoms with Crippen molar-refractivity contribution in [2.45, 2.75) is 27.7 Å². The molecule has 0 saturated carbocycles. The van der Waals surface area contributed by atoms with Crippen molar-refractivity contribution in [3.8, 4) is 17.2 Å². The fourth-order valence-corrected chi connectivity index (χ4v) is 2.90. The van der Waals surface area contributed by atoms with Crippen molar-refractivity contribution in [3.63, 3.8) is 0 Å². The van der Waals surface area contributed by atoms with E-state index in [1.165, 1.54) is 0 Å². The number of fused-ring (bicyclic) bond motifs is 1. The molecule has 4 heteroatoms. The summed E-state index contributed by atoms with van der Waals surface area (Å²) in [5.41, 5.74) is 0.368. The summed E-state index contributed by atoms with van der Waals surface area (Å²) in [4.78, 5) is 13.1. The Morgan fingerprint density at radius 1 is 0.793 bits per heavy atom. The number of carbonyl (C=O) groups is 1. The SMILES string of the molecule is CC(C)COc1cc(C(=O)Oc2ccccc2)c(OCC(C)C)c2ccccc12. The van der Waals surface area contributed by atoms with Gasteiger partial charge in [0.25, 0.3) is 0 Å². The summed E-state index contributed by atoms with van der Waals surface area (Å²) in [6, 6.07) is 18.6. The second kappa shape index (κ2) is 9.46. The van der Waals surface area contributed by atoms with Crippen molar-refractivity contribution in [2.24, 2.45) is 11.8 Å². The smallest absolute Gasteiger partial charge is 0.347 e. The van der Waals surface area contributed by atoms with Crippen LogP contribution in [0.25, 0.3) is 10.8 Å². The molecule has 152 valence electrons. The first-order valence-electron chi connectivity index (χ1n) is 10.0. The number of esters is 1. The van der Waals surface area contributed by atoms with Crippen molar-refractivity contribution in [1.29, 1.82) is 0 Å². The number of para-hydroxylation sites is 1. The third-order valence-electron chi connectivity index (χ3n) is 4.26. The monoisotopic (exact) mass is 392 g/mol. The average molecular weight is 392 g/mol. The molecule has 0 N–H and O–H groups in total. The Labute approximate surface area is 172 Å². The highest BCUT2D eigenvalue weighted by molar-refractivity contribution is 6.04. The van der Waals surface area contributed by atoms with Crippen LogP contribution >= 0.6 is 0 Å². The summed E-state index contributed by atoms with van der Waals surface area (Å²) in [5.74, 6) is 1.91. The zero-order valence-corrected chi connectivity index (χ0v) is 17.5. The zero-order chi connectivity index (χ0) is 20.8. The molecule has 0 atom stereocenters. The molecule has 3 rings (SSSR count). The van der Waals surface area contributed by atoms with E-state index in [0.29, 0.717) is 47.9 Å². The maximum atomic E-state index is 13.1. The number of carbonyl (C=O) groups excluding carboxylic acids is 1. The van der Waals surface area contributed by atoms with Gasteiger partial charge < -0.3 is 14.2 Å². The highest BCUT2D eigenvalue weighted by Crippen LogP contribution is 2.38. The van der Waals surface area contributed by atoms with Crippen LogP contribution in [0.1, 0.15) is 38.1 Å². The quantitative estimate of drug-likeness (QED) is 0.342. The first-order chi connectivity index (χ1) is 14.0. The van der Waals surface area contributed by atoms with Crippen LogP contribution in [-0.4, -0.2) is 19.2 Å². The van der Waals surface area contributed by atoms with E-state index in [9.17, 15) is 4.79 Å². The van der Waals surface area contributed by atoms with E-state index in [1.54, 1.807) is 18.2 Å². The molecule has 0 aliphatic carbocycles. The maximum Gasteiger partial charge on any atom is 0.347 e. The Morgan fingerprint density at radius 3 is 2.03 bits per heavy atom. The lowest BCUT2D eigenvalue weighted by molar-refractivity contribution is 0.0729. The van der Waals surface area contributed by atoms with E-state index in [-0.39, 0.29) is 0 Å². The van der Waals surface area contributed by atoms with Crippen molar-refractivity contribution >= 4 is 16.7 Å². The molecule has 0 bridgehead atoms. The van der Waals surface area contributed by atoms with Crippen LogP contribution in [0, 0.1) is 11.8 Å². The molecule has 0 unspecified atom stereocenters. The minimum Gasteiger partial charge on any atom is -0.493 e. The molecule has 4 nitrogen and oxygen atoms in total. The van der Waals surface area contributed by atoms with E-state index in [1.807, 2.05) is 42.5 Å². The third kappa shape index (κ3) is 5.29. The highest BCUT2D eigenvalue weighted by Gasteiger charge is 2.22. The molecule has 0 spiro atoms. The molecule has 3 aromatic carbocycles. The second-order valence-electron chi connectivity index (χ2n) is 7.91. The Morgan fingerprint density at radius 2 is 1.38 bits per heavy atom. The number of ether oxygens (including phenoxy) is 3. The van der Waals surface area contributed by atoms with Crippen molar-refractivity contribution < 1.29 is 19.0 Å². The molecule has 29 heavy (non-hydrogen) atoms. The predicted molar refractivity (Wildman–Crippen MR) is 116 cm³/mol. The average Bonchev–Trinajstić information content (AvgIpc) is 2.71. The minimum atomic E-state index is -0.463. The highest BCUT2D eigenvalue weighted by atomic mass is 16.5. The van der Waals surface area contributed by atoms with E-state index in [4.69, 9.17) is 14.2 Å². The number of rotatable bonds is 8. The molecule has 3 aromatic rings. The van der Waals surface area contributed by atoms with Crippen LogP contribution in [0.4, 0.5) is 0 Å². The molecule has 0 radical (unpaired) electrons. The fourth-order valence-electron chi connectivity index (χ4n) is 2.90. The summed E-state index contributed by atoms with van der Waals surface area (Å²) in [6.45, 7) is 9.39. The first kappa shape index (κ1) is 20.7. The van der Waals surface area contributed by atoms with E-state index < -0.39 is 5.97 Å². The van der Waals surface area contributed by atoms with E-state index in [2.05, 4.69) is 27.7 Å². The Balaban J connectivity index is 2.08. The molecule has 0 heterocycles. The van der Waals surface area contributed by atoms with Crippen LogP contribution in [-0.2, 0) is 0 Å². The van der Waals surface area contributed by atoms with Crippen molar-refractivity contribution in [1.82, 2.24) is 0 Å². The summed E-state index contributed by atoms with van der Waals surface area (Å²) < 4.78 is 17.7. The van der Waals surface area contributed by atoms with Gasteiger partial charge in [-0.3, -0.25) is 0 Å². The number of hydrogen-bond acceptors (Lipinski definition) is 4. The minimum absolute atomic E-state index is 0.323. The van der Waals surface area contributed by atoms with E-state index in [0.717, 1.165) is 10.8 Å². The van der Waals surface area contributed by atoms with Gasteiger partial charge in [0, 0.05) is 10.8 Å². The molecular weight excluding hydrogens is 364 g/mol. The third-order valence-corrected chi connectivity index (χ3v) is 4.26. The Kier molecular flexibility index (Phi) is 6.76. The molecular formula is C25H28O4. The first-order valence-corrected chi connectivity index (χ1v) is 10.0. The van der Waals surface area contributed by atoms with Gasteiger partial charge in [0.05, 0.1) is 13.2 Å². The standard InChI is InChI=1S/C25H28O4/c1-17(2)15-27-23-14-22(25(26)29-19-10-6-5-7-11-19)24(28-16-18(3)4)21-13-9-8-12-20(21)23/h5-14,17-18H,15-16H2,1-4H3. The summed E-state index contributed by atoms with van der Waals surface area (Å²) in [5, 5.41) is 1.76. The largest absolute Gasteiger partial charge is 0.493 e.